The molecule has 0 unspecified atom stereocenters. The van der Waals surface area contributed by atoms with Gasteiger partial charge in [-0.1, -0.05) is 25.4 Å². The number of hydrogen-bond acceptors (Lipinski definition) is 2. The summed E-state index contributed by atoms with van der Waals surface area (Å²) in [5.41, 5.74) is 5.09. The molecule has 0 saturated heterocycles. The number of rotatable bonds is 4. The topological polar surface area (TPSA) is 46.2 Å². The fourth-order valence-corrected chi connectivity index (χ4v) is 2.06. The molecule has 2 atom stereocenters. The Balaban J connectivity index is 3.05. The standard InChI is InChI=1S/C13H17ClF3NO/c1-7(2)5-11(19)12(18)9-6-8(13(15,16)17)3-4-10(9)14/h3-4,6-7,11-12,19H,5,18H2,1-2H3/t11-,12+/m1/s1. The van der Waals surface area contributed by atoms with Crippen molar-refractivity contribution in [3.8, 4) is 0 Å². The average Bonchev–Trinajstić information content (AvgIpc) is 2.26. The molecule has 1 aromatic carbocycles. The van der Waals surface area contributed by atoms with Gasteiger partial charge in [-0.15, -0.1) is 0 Å². The van der Waals surface area contributed by atoms with Gasteiger partial charge in [0.15, 0.2) is 0 Å². The highest BCUT2D eigenvalue weighted by Gasteiger charge is 2.32. The molecule has 0 radical (unpaired) electrons. The van der Waals surface area contributed by atoms with Crippen LogP contribution >= 0.6 is 11.6 Å². The van der Waals surface area contributed by atoms with Crippen LogP contribution in [0.2, 0.25) is 5.02 Å². The fraction of sp³-hybridized carbons (Fsp3) is 0.538. The van der Waals surface area contributed by atoms with Crippen molar-refractivity contribution in [1.29, 1.82) is 0 Å². The minimum Gasteiger partial charge on any atom is -0.391 e. The first-order valence-corrected chi connectivity index (χ1v) is 6.31. The molecule has 0 aliphatic rings. The summed E-state index contributed by atoms with van der Waals surface area (Å²) in [5.74, 6) is 0.186. The van der Waals surface area contributed by atoms with E-state index in [0.29, 0.717) is 6.42 Å². The highest BCUT2D eigenvalue weighted by atomic mass is 35.5. The van der Waals surface area contributed by atoms with Gasteiger partial charge in [0.1, 0.15) is 0 Å². The molecular formula is C13H17ClF3NO. The first kappa shape index (κ1) is 16.3. The Morgan fingerprint density at radius 2 is 1.89 bits per heavy atom. The second kappa shape index (κ2) is 6.11. The van der Waals surface area contributed by atoms with Crippen molar-refractivity contribution in [3.63, 3.8) is 0 Å². The minimum absolute atomic E-state index is 0.115. The molecule has 0 aliphatic carbocycles. The van der Waals surface area contributed by atoms with Gasteiger partial charge >= 0.3 is 6.18 Å². The Morgan fingerprint density at radius 1 is 1.32 bits per heavy atom. The van der Waals surface area contributed by atoms with Crippen molar-refractivity contribution in [3.05, 3.63) is 34.3 Å². The lowest BCUT2D eigenvalue weighted by Crippen LogP contribution is -2.28. The number of aliphatic hydroxyl groups excluding tert-OH is 1. The third kappa shape index (κ3) is 4.37. The number of halogens is 4. The maximum Gasteiger partial charge on any atom is 0.416 e. The van der Waals surface area contributed by atoms with Gasteiger partial charge in [0.05, 0.1) is 17.7 Å². The molecule has 0 bridgehead atoms. The second-order valence-electron chi connectivity index (χ2n) is 4.96. The molecule has 19 heavy (non-hydrogen) atoms. The largest absolute Gasteiger partial charge is 0.416 e. The molecule has 0 amide bonds. The SMILES string of the molecule is CC(C)C[C@@H](O)[C@@H](N)c1cc(C(F)(F)F)ccc1Cl. The molecule has 0 aromatic heterocycles. The lowest BCUT2D eigenvalue weighted by molar-refractivity contribution is -0.137. The Bertz CT molecular complexity index is 434. The molecule has 3 N–H and O–H groups in total. The Kier molecular flexibility index (Phi) is 5.24. The van der Waals surface area contributed by atoms with E-state index in [4.69, 9.17) is 17.3 Å². The van der Waals surface area contributed by atoms with Crippen molar-refractivity contribution in [1.82, 2.24) is 0 Å². The Morgan fingerprint density at radius 3 is 2.37 bits per heavy atom. The molecule has 0 saturated carbocycles. The van der Waals surface area contributed by atoms with E-state index in [1.165, 1.54) is 0 Å². The number of benzene rings is 1. The maximum absolute atomic E-state index is 12.6. The van der Waals surface area contributed by atoms with Crippen LogP contribution in [0.15, 0.2) is 18.2 Å². The zero-order valence-electron chi connectivity index (χ0n) is 10.7. The van der Waals surface area contributed by atoms with E-state index in [9.17, 15) is 18.3 Å². The number of nitrogens with two attached hydrogens (primary N) is 1. The number of alkyl halides is 3. The van der Waals surface area contributed by atoms with Crippen molar-refractivity contribution in [2.45, 2.75) is 38.6 Å². The lowest BCUT2D eigenvalue weighted by Gasteiger charge is -2.22. The zero-order valence-corrected chi connectivity index (χ0v) is 11.5. The molecule has 2 nitrogen and oxygen atoms in total. The van der Waals surface area contributed by atoms with Crippen molar-refractivity contribution >= 4 is 11.6 Å². The highest BCUT2D eigenvalue weighted by Crippen LogP contribution is 2.34. The van der Waals surface area contributed by atoms with Crippen LogP contribution in [-0.2, 0) is 6.18 Å². The third-order valence-electron chi connectivity index (χ3n) is 2.81. The smallest absolute Gasteiger partial charge is 0.391 e. The molecule has 0 aliphatic heterocycles. The van der Waals surface area contributed by atoms with Gasteiger partial charge in [-0.05, 0) is 36.1 Å². The Labute approximate surface area is 115 Å². The van der Waals surface area contributed by atoms with Gasteiger partial charge in [-0.3, -0.25) is 0 Å². The summed E-state index contributed by atoms with van der Waals surface area (Å²) in [4.78, 5) is 0. The predicted molar refractivity (Wildman–Crippen MR) is 68.8 cm³/mol. The first-order chi connectivity index (χ1) is 8.62. The highest BCUT2D eigenvalue weighted by molar-refractivity contribution is 6.31. The summed E-state index contributed by atoms with van der Waals surface area (Å²) in [6.07, 6.45) is -4.99. The fourth-order valence-electron chi connectivity index (χ4n) is 1.81. The number of hydrogen-bond donors (Lipinski definition) is 2. The van der Waals surface area contributed by atoms with Crippen molar-refractivity contribution < 1.29 is 18.3 Å². The van der Waals surface area contributed by atoms with Gasteiger partial charge < -0.3 is 10.8 Å². The van der Waals surface area contributed by atoms with E-state index in [-0.39, 0.29) is 16.5 Å². The van der Waals surface area contributed by atoms with Gasteiger partial charge in [-0.2, -0.15) is 13.2 Å². The summed E-state index contributed by atoms with van der Waals surface area (Å²) in [6.45, 7) is 3.79. The van der Waals surface area contributed by atoms with E-state index in [1.807, 2.05) is 13.8 Å². The number of aliphatic hydroxyl groups is 1. The average molecular weight is 296 g/mol. The van der Waals surface area contributed by atoms with Gasteiger partial charge in [0.25, 0.3) is 0 Å². The summed E-state index contributed by atoms with van der Waals surface area (Å²) in [7, 11) is 0. The van der Waals surface area contributed by atoms with Crippen LogP contribution in [0.3, 0.4) is 0 Å². The van der Waals surface area contributed by atoms with Crippen LogP contribution in [0.4, 0.5) is 13.2 Å². The van der Waals surface area contributed by atoms with Crippen LogP contribution < -0.4 is 5.73 Å². The van der Waals surface area contributed by atoms with Gasteiger partial charge in [-0.25, -0.2) is 0 Å². The zero-order chi connectivity index (χ0) is 14.8. The Hall–Kier alpha value is -0.780. The summed E-state index contributed by atoms with van der Waals surface area (Å²) >= 11 is 5.86. The van der Waals surface area contributed by atoms with Crippen molar-refractivity contribution in [2.75, 3.05) is 0 Å². The van der Waals surface area contributed by atoms with E-state index in [1.54, 1.807) is 0 Å². The molecule has 1 aromatic rings. The molecule has 0 fully saturated rings. The maximum atomic E-state index is 12.6. The summed E-state index contributed by atoms with van der Waals surface area (Å²) < 4.78 is 37.9. The molecular weight excluding hydrogens is 279 g/mol. The normalized spacial score (nSPS) is 15.6. The van der Waals surface area contributed by atoms with Crippen LogP contribution in [0.1, 0.15) is 37.4 Å². The van der Waals surface area contributed by atoms with Crippen LogP contribution in [0.5, 0.6) is 0 Å². The van der Waals surface area contributed by atoms with E-state index in [2.05, 4.69) is 0 Å². The van der Waals surface area contributed by atoms with E-state index in [0.717, 1.165) is 18.2 Å². The summed E-state index contributed by atoms with van der Waals surface area (Å²) in [6, 6.07) is 2.02. The first-order valence-electron chi connectivity index (χ1n) is 5.93. The second-order valence-corrected chi connectivity index (χ2v) is 5.36. The van der Waals surface area contributed by atoms with Gasteiger partial charge in [0.2, 0.25) is 0 Å². The third-order valence-corrected chi connectivity index (χ3v) is 3.15. The van der Waals surface area contributed by atoms with Gasteiger partial charge in [0, 0.05) is 5.02 Å². The predicted octanol–water partition coefficient (Wildman–Crippen LogP) is 3.77. The quantitative estimate of drug-likeness (QED) is 0.888. The van der Waals surface area contributed by atoms with Crippen LogP contribution in [0.25, 0.3) is 0 Å². The summed E-state index contributed by atoms with van der Waals surface area (Å²) in [5, 5.41) is 10.0. The van der Waals surface area contributed by atoms with E-state index >= 15 is 0 Å². The van der Waals surface area contributed by atoms with Crippen molar-refractivity contribution in [2.24, 2.45) is 11.7 Å². The molecule has 0 spiro atoms. The van der Waals surface area contributed by atoms with Crippen LogP contribution in [-0.4, -0.2) is 11.2 Å². The van der Waals surface area contributed by atoms with E-state index < -0.39 is 23.9 Å². The molecule has 6 heteroatoms. The minimum atomic E-state index is -4.46. The molecule has 0 heterocycles. The monoisotopic (exact) mass is 295 g/mol. The lowest BCUT2D eigenvalue weighted by atomic mass is 9.94. The molecule has 1 rings (SSSR count). The molecule has 108 valence electrons. The van der Waals surface area contributed by atoms with Crippen LogP contribution in [0, 0.1) is 5.92 Å².